The van der Waals surface area contributed by atoms with Gasteiger partial charge >= 0.3 is 0 Å². The summed E-state index contributed by atoms with van der Waals surface area (Å²) in [5.74, 6) is 1.68. The van der Waals surface area contributed by atoms with Gasteiger partial charge in [-0.2, -0.15) is 11.8 Å². The van der Waals surface area contributed by atoms with Crippen LogP contribution in [0.1, 0.15) is 10.4 Å². The van der Waals surface area contributed by atoms with Gasteiger partial charge in [-0.1, -0.05) is 6.07 Å². The summed E-state index contributed by atoms with van der Waals surface area (Å²) in [5, 5.41) is 10.8. The zero-order valence-corrected chi connectivity index (χ0v) is 11.9. The summed E-state index contributed by atoms with van der Waals surface area (Å²) >= 11 is 4.96. The highest BCUT2D eigenvalue weighted by Gasteiger charge is 2.24. The lowest BCUT2D eigenvalue weighted by Gasteiger charge is -2.26. The van der Waals surface area contributed by atoms with Gasteiger partial charge in [0.25, 0.3) is 11.6 Å². The van der Waals surface area contributed by atoms with Crippen molar-refractivity contribution in [1.82, 2.24) is 4.90 Å². The van der Waals surface area contributed by atoms with Crippen molar-refractivity contribution in [2.45, 2.75) is 0 Å². The van der Waals surface area contributed by atoms with Crippen molar-refractivity contribution in [1.29, 1.82) is 0 Å². The zero-order chi connectivity index (χ0) is 13.1. The van der Waals surface area contributed by atoms with E-state index in [-0.39, 0.29) is 16.1 Å². The molecule has 18 heavy (non-hydrogen) atoms. The van der Waals surface area contributed by atoms with Gasteiger partial charge in [0.15, 0.2) is 0 Å². The summed E-state index contributed by atoms with van der Waals surface area (Å²) in [6.07, 6.45) is 0. The number of hydrogen-bond acceptors (Lipinski definition) is 4. The first-order valence-electron chi connectivity index (χ1n) is 5.41. The standard InChI is InChI=1S/C11H11BrN2O3S/c12-10-8(2-1-3-9(10)14(16)17)11(15)13-4-6-18-7-5-13/h1-3H,4-7H2. The van der Waals surface area contributed by atoms with Gasteiger partial charge in [-0.15, -0.1) is 0 Å². The number of amides is 1. The first-order chi connectivity index (χ1) is 8.61. The van der Waals surface area contributed by atoms with Crippen LogP contribution in [0.3, 0.4) is 0 Å². The fourth-order valence-electron chi connectivity index (χ4n) is 1.76. The van der Waals surface area contributed by atoms with Crippen molar-refractivity contribution in [3.8, 4) is 0 Å². The molecule has 2 rings (SSSR count). The van der Waals surface area contributed by atoms with E-state index in [9.17, 15) is 14.9 Å². The molecule has 0 aliphatic carbocycles. The van der Waals surface area contributed by atoms with E-state index >= 15 is 0 Å². The predicted molar refractivity (Wildman–Crippen MR) is 74.0 cm³/mol. The van der Waals surface area contributed by atoms with Gasteiger partial charge in [0.1, 0.15) is 4.47 Å². The average molecular weight is 331 g/mol. The second-order valence-electron chi connectivity index (χ2n) is 3.80. The Morgan fingerprint density at radius 3 is 2.67 bits per heavy atom. The van der Waals surface area contributed by atoms with Crippen LogP contribution in [-0.2, 0) is 0 Å². The second-order valence-corrected chi connectivity index (χ2v) is 5.82. The van der Waals surface area contributed by atoms with Gasteiger partial charge in [-0.05, 0) is 22.0 Å². The molecule has 5 nitrogen and oxygen atoms in total. The van der Waals surface area contributed by atoms with Crippen molar-refractivity contribution in [3.05, 3.63) is 38.3 Å². The minimum Gasteiger partial charge on any atom is -0.337 e. The third-order valence-electron chi connectivity index (χ3n) is 2.70. The number of halogens is 1. The normalized spacial score (nSPS) is 15.5. The van der Waals surface area contributed by atoms with Gasteiger partial charge in [0, 0.05) is 30.7 Å². The summed E-state index contributed by atoms with van der Waals surface area (Å²) in [5.41, 5.74) is 0.281. The molecule has 7 heteroatoms. The number of nitrogens with zero attached hydrogens (tertiary/aromatic N) is 2. The molecule has 1 aromatic rings. The van der Waals surface area contributed by atoms with Crippen LogP contribution in [0.15, 0.2) is 22.7 Å². The van der Waals surface area contributed by atoms with E-state index < -0.39 is 4.92 Å². The Balaban J connectivity index is 2.30. The van der Waals surface area contributed by atoms with Gasteiger partial charge < -0.3 is 4.90 Å². The van der Waals surface area contributed by atoms with Crippen LogP contribution in [0, 0.1) is 10.1 Å². The number of rotatable bonds is 2. The van der Waals surface area contributed by atoms with Gasteiger partial charge in [0.05, 0.1) is 10.5 Å². The topological polar surface area (TPSA) is 63.4 Å². The van der Waals surface area contributed by atoms with Crippen LogP contribution < -0.4 is 0 Å². The third kappa shape index (κ3) is 2.67. The molecule has 0 radical (unpaired) electrons. The zero-order valence-electron chi connectivity index (χ0n) is 9.47. The Hall–Kier alpha value is -1.08. The minimum atomic E-state index is -0.493. The fraction of sp³-hybridized carbons (Fsp3) is 0.364. The van der Waals surface area contributed by atoms with E-state index in [0.717, 1.165) is 11.5 Å². The lowest BCUT2D eigenvalue weighted by Crippen LogP contribution is -2.38. The number of carbonyl (C=O) groups excluding carboxylic acids is 1. The molecule has 1 heterocycles. The summed E-state index contributed by atoms with van der Waals surface area (Å²) in [6.45, 7) is 1.39. The summed E-state index contributed by atoms with van der Waals surface area (Å²) in [6, 6.07) is 4.53. The molecule has 0 N–H and O–H groups in total. The molecule has 0 bridgehead atoms. The van der Waals surface area contributed by atoms with Gasteiger partial charge in [0.2, 0.25) is 0 Å². The molecule has 1 aromatic carbocycles. The lowest BCUT2D eigenvalue weighted by molar-refractivity contribution is -0.385. The Morgan fingerprint density at radius 1 is 1.39 bits per heavy atom. The van der Waals surface area contributed by atoms with Crippen molar-refractivity contribution in [2.75, 3.05) is 24.6 Å². The number of nitro groups is 1. The molecule has 1 amide bonds. The van der Waals surface area contributed by atoms with E-state index in [1.165, 1.54) is 12.1 Å². The highest BCUT2D eigenvalue weighted by molar-refractivity contribution is 9.10. The van der Waals surface area contributed by atoms with Crippen molar-refractivity contribution in [3.63, 3.8) is 0 Å². The average Bonchev–Trinajstić information content (AvgIpc) is 2.39. The van der Waals surface area contributed by atoms with Crippen LogP contribution in [0.5, 0.6) is 0 Å². The fourth-order valence-corrected chi connectivity index (χ4v) is 3.24. The first-order valence-corrected chi connectivity index (χ1v) is 7.36. The molecule has 1 saturated heterocycles. The summed E-state index contributed by atoms with van der Waals surface area (Å²) in [4.78, 5) is 24.3. The maximum absolute atomic E-state index is 12.3. The molecule has 1 fully saturated rings. The van der Waals surface area contributed by atoms with Crippen molar-refractivity contribution in [2.24, 2.45) is 0 Å². The largest absolute Gasteiger partial charge is 0.337 e. The van der Waals surface area contributed by atoms with E-state index in [1.807, 2.05) is 11.8 Å². The quantitative estimate of drug-likeness (QED) is 0.617. The Labute approximate surface area is 117 Å². The molecule has 1 aliphatic heterocycles. The lowest BCUT2D eigenvalue weighted by atomic mass is 10.1. The Kier molecular flexibility index (Phi) is 4.23. The number of nitro benzene ring substituents is 1. The first kappa shape index (κ1) is 13.4. The number of carbonyl (C=O) groups is 1. The van der Waals surface area contributed by atoms with Crippen molar-refractivity contribution >= 4 is 39.3 Å². The third-order valence-corrected chi connectivity index (χ3v) is 4.48. The molecule has 0 aromatic heterocycles. The van der Waals surface area contributed by atoms with Crippen LogP contribution in [0.25, 0.3) is 0 Å². The second kappa shape index (κ2) is 5.71. The number of benzene rings is 1. The van der Waals surface area contributed by atoms with Crippen LogP contribution in [-0.4, -0.2) is 40.3 Å². The SMILES string of the molecule is O=C(c1cccc([N+](=O)[O-])c1Br)N1CCSCC1. The van der Waals surface area contributed by atoms with Crippen molar-refractivity contribution < 1.29 is 9.72 Å². The Bertz CT molecular complexity index is 489. The monoisotopic (exact) mass is 330 g/mol. The molecule has 0 spiro atoms. The van der Waals surface area contributed by atoms with Crippen LogP contribution in [0.2, 0.25) is 0 Å². The minimum absolute atomic E-state index is 0.0766. The van der Waals surface area contributed by atoms with E-state index in [2.05, 4.69) is 15.9 Å². The highest BCUT2D eigenvalue weighted by Crippen LogP contribution is 2.29. The maximum atomic E-state index is 12.3. The predicted octanol–water partition coefficient (Wildman–Crippen LogP) is 2.55. The Morgan fingerprint density at radius 2 is 2.06 bits per heavy atom. The molecule has 0 unspecified atom stereocenters. The summed E-state index contributed by atoms with van der Waals surface area (Å²) in [7, 11) is 0. The maximum Gasteiger partial charge on any atom is 0.284 e. The number of thioether (sulfide) groups is 1. The van der Waals surface area contributed by atoms with Crippen LogP contribution >= 0.6 is 27.7 Å². The smallest absolute Gasteiger partial charge is 0.284 e. The van der Waals surface area contributed by atoms with Crippen LogP contribution in [0.4, 0.5) is 5.69 Å². The molecule has 1 aliphatic rings. The molecular formula is C11H11BrN2O3S. The van der Waals surface area contributed by atoms with Gasteiger partial charge in [-0.25, -0.2) is 0 Å². The summed E-state index contributed by atoms with van der Waals surface area (Å²) < 4.78 is 0.262. The molecule has 0 saturated carbocycles. The van der Waals surface area contributed by atoms with Gasteiger partial charge in [-0.3, -0.25) is 14.9 Å². The van der Waals surface area contributed by atoms with E-state index in [4.69, 9.17) is 0 Å². The van der Waals surface area contributed by atoms with E-state index in [0.29, 0.717) is 18.7 Å². The molecule has 0 atom stereocenters. The number of hydrogen-bond donors (Lipinski definition) is 0. The molecule has 96 valence electrons. The molecular weight excluding hydrogens is 320 g/mol. The van der Waals surface area contributed by atoms with E-state index in [1.54, 1.807) is 11.0 Å². The highest BCUT2D eigenvalue weighted by atomic mass is 79.9.